The number of likely N-dealkylation sites (tertiary alicyclic amines) is 2. The number of hydrogen-bond donors (Lipinski definition) is 0. The molecule has 2 saturated heterocycles. The molecule has 4 rings (SSSR count). The molecule has 0 spiro atoms. The average molecular weight is 343 g/mol. The Kier molecular flexibility index (Phi) is 4.70. The first kappa shape index (κ1) is 16.5. The normalized spacial score (nSPS) is 24.8. The molecule has 1 aromatic heterocycles. The number of rotatable bonds is 5. The lowest BCUT2D eigenvalue weighted by molar-refractivity contribution is -0.138. The first-order valence-corrected chi connectivity index (χ1v) is 9.30. The minimum atomic E-state index is -0.140. The number of aromatic nitrogens is 1. The van der Waals surface area contributed by atoms with E-state index >= 15 is 0 Å². The monoisotopic (exact) mass is 343 g/mol. The molecule has 0 bridgehead atoms. The van der Waals surface area contributed by atoms with Gasteiger partial charge in [-0.25, -0.2) is 0 Å². The molecule has 6 heteroatoms. The Hall–Kier alpha value is -1.95. The van der Waals surface area contributed by atoms with E-state index in [1.54, 1.807) is 6.20 Å². The summed E-state index contributed by atoms with van der Waals surface area (Å²) in [4.78, 5) is 32.9. The second-order valence-electron chi connectivity index (χ2n) is 7.34. The molecule has 2 aliphatic heterocycles. The molecule has 1 saturated carbocycles. The number of pyridine rings is 1. The molecule has 25 heavy (non-hydrogen) atoms. The molecule has 3 fully saturated rings. The maximum atomic E-state index is 12.7. The van der Waals surface area contributed by atoms with Gasteiger partial charge in [0.25, 0.3) is 0 Å². The maximum absolute atomic E-state index is 12.7. The molecular formula is C19H25N3O3. The van der Waals surface area contributed by atoms with Gasteiger partial charge in [-0.05, 0) is 37.8 Å². The van der Waals surface area contributed by atoms with Gasteiger partial charge in [0, 0.05) is 38.3 Å². The molecule has 3 heterocycles. The van der Waals surface area contributed by atoms with Crippen LogP contribution in [0.15, 0.2) is 24.4 Å². The highest BCUT2D eigenvalue weighted by molar-refractivity contribution is 5.89. The van der Waals surface area contributed by atoms with E-state index in [0.717, 1.165) is 44.5 Å². The smallest absolute Gasteiger partial charge is 0.227 e. The van der Waals surface area contributed by atoms with Crippen molar-refractivity contribution in [1.29, 1.82) is 0 Å². The Morgan fingerprint density at radius 1 is 1.20 bits per heavy atom. The van der Waals surface area contributed by atoms with E-state index in [1.807, 2.05) is 28.0 Å². The molecule has 0 aromatic carbocycles. The van der Waals surface area contributed by atoms with Gasteiger partial charge in [0.1, 0.15) is 0 Å². The Labute approximate surface area is 148 Å². The second kappa shape index (κ2) is 7.12. The van der Waals surface area contributed by atoms with Gasteiger partial charge in [-0.15, -0.1) is 0 Å². The van der Waals surface area contributed by atoms with E-state index in [1.165, 1.54) is 0 Å². The van der Waals surface area contributed by atoms with E-state index in [9.17, 15) is 9.59 Å². The van der Waals surface area contributed by atoms with Crippen molar-refractivity contribution in [3.63, 3.8) is 0 Å². The van der Waals surface area contributed by atoms with Crippen LogP contribution in [0.1, 0.15) is 37.8 Å². The third kappa shape index (κ3) is 3.84. The fourth-order valence-corrected chi connectivity index (χ4v) is 3.82. The summed E-state index contributed by atoms with van der Waals surface area (Å²) in [5.41, 5.74) is 0.936. The highest BCUT2D eigenvalue weighted by atomic mass is 16.5. The Bertz CT molecular complexity index is 624. The fourth-order valence-electron chi connectivity index (χ4n) is 3.82. The molecule has 1 unspecified atom stereocenters. The van der Waals surface area contributed by atoms with Crippen molar-refractivity contribution >= 4 is 11.8 Å². The van der Waals surface area contributed by atoms with Crippen LogP contribution in [-0.4, -0.2) is 58.4 Å². The van der Waals surface area contributed by atoms with Gasteiger partial charge in [0.15, 0.2) is 0 Å². The van der Waals surface area contributed by atoms with Crippen LogP contribution in [0, 0.1) is 5.92 Å². The minimum absolute atomic E-state index is 0.140. The van der Waals surface area contributed by atoms with Crippen LogP contribution in [0.25, 0.3) is 0 Å². The number of carbonyl (C=O) groups is 2. The van der Waals surface area contributed by atoms with Crippen molar-refractivity contribution in [1.82, 2.24) is 14.8 Å². The van der Waals surface area contributed by atoms with Crippen LogP contribution >= 0.6 is 0 Å². The molecule has 134 valence electrons. The molecule has 3 aliphatic rings. The maximum Gasteiger partial charge on any atom is 0.227 e. The van der Waals surface area contributed by atoms with Crippen LogP contribution in [0.2, 0.25) is 0 Å². The van der Waals surface area contributed by atoms with Gasteiger partial charge in [-0.2, -0.15) is 0 Å². The summed E-state index contributed by atoms with van der Waals surface area (Å²) in [6.45, 7) is 2.59. The topological polar surface area (TPSA) is 62.7 Å². The molecule has 6 nitrogen and oxygen atoms in total. The van der Waals surface area contributed by atoms with E-state index in [0.29, 0.717) is 25.6 Å². The second-order valence-corrected chi connectivity index (χ2v) is 7.34. The third-order valence-electron chi connectivity index (χ3n) is 5.44. The van der Waals surface area contributed by atoms with Crippen molar-refractivity contribution in [3.8, 4) is 0 Å². The molecular weight excluding hydrogens is 318 g/mol. The largest absolute Gasteiger partial charge is 0.372 e. The van der Waals surface area contributed by atoms with E-state index in [4.69, 9.17) is 4.74 Å². The number of hydrogen-bond acceptors (Lipinski definition) is 4. The summed E-state index contributed by atoms with van der Waals surface area (Å²) in [7, 11) is 0. The number of carbonyl (C=O) groups excluding carboxylic acids is 2. The van der Waals surface area contributed by atoms with Crippen molar-refractivity contribution < 1.29 is 14.3 Å². The Balaban J connectivity index is 1.23. The summed E-state index contributed by atoms with van der Waals surface area (Å²) in [5, 5.41) is 0. The lowest BCUT2D eigenvalue weighted by Gasteiger charge is -2.33. The van der Waals surface area contributed by atoms with Crippen molar-refractivity contribution in [3.05, 3.63) is 30.1 Å². The molecule has 0 N–H and O–H groups in total. The third-order valence-corrected chi connectivity index (χ3v) is 5.44. The van der Waals surface area contributed by atoms with Crippen LogP contribution in [0.4, 0.5) is 0 Å². The lowest BCUT2D eigenvalue weighted by atomic mass is 10.0. The van der Waals surface area contributed by atoms with Crippen LogP contribution in [-0.2, 0) is 20.9 Å². The lowest BCUT2D eigenvalue weighted by Crippen LogP contribution is -2.44. The number of amides is 2. The summed E-state index contributed by atoms with van der Waals surface area (Å²) in [6.07, 6.45) is 6.26. The van der Waals surface area contributed by atoms with Gasteiger partial charge in [-0.1, -0.05) is 6.07 Å². The zero-order chi connectivity index (χ0) is 17.2. The number of piperidine rings is 1. The minimum Gasteiger partial charge on any atom is -0.372 e. The first-order valence-electron chi connectivity index (χ1n) is 9.30. The van der Waals surface area contributed by atoms with Crippen LogP contribution < -0.4 is 0 Å². The van der Waals surface area contributed by atoms with Crippen molar-refractivity contribution in [2.45, 2.75) is 50.9 Å². The SMILES string of the molecule is O=C(C1CC(=O)N(C2CC2)C1)N1CCC(OCc2ccccn2)CC1. The standard InChI is InChI=1S/C19H25N3O3/c23-18-11-14(12-22(18)16-4-5-16)19(24)21-9-6-17(7-10-21)25-13-15-3-1-2-8-20-15/h1-3,8,14,16-17H,4-7,9-13H2. The highest BCUT2D eigenvalue weighted by Gasteiger charge is 2.43. The summed E-state index contributed by atoms with van der Waals surface area (Å²) >= 11 is 0. The van der Waals surface area contributed by atoms with E-state index in [2.05, 4.69) is 4.98 Å². The van der Waals surface area contributed by atoms with Gasteiger partial charge >= 0.3 is 0 Å². The van der Waals surface area contributed by atoms with Gasteiger partial charge in [0.2, 0.25) is 11.8 Å². The molecule has 2 amide bonds. The predicted molar refractivity (Wildman–Crippen MR) is 91.5 cm³/mol. The van der Waals surface area contributed by atoms with Crippen LogP contribution in [0.3, 0.4) is 0 Å². The number of nitrogens with zero attached hydrogens (tertiary/aromatic N) is 3. The van der Waals surface area contributed by atoms with E-state index in [-0.39, 0.29) is 23.8 Å². The molecule has 1 aromatic rings. The average Bonchev–Trinajstić information content (AvgIpc) is 3.42. The zero-order valence-corrected chi connectivity index (χ0v) is 14.5. The van der Waals surface area contributed by atoms with Crippen molar-refractivity contribution in [2.24, 2.45) is 5.92 Å². The van der Waals surface area contributed by atoms with Gasteiger partial charge < -0.3 is 14.5 Å². The molecule has 1 atom stereocenters. The quantitative estimate of drug-likeness (QED) is 0.815. The van der Waals surface area contributed by atoms with Gasteiger partial charge in [-0.3, -0.25) is 14.6 Å². The predicted octanol–water partition coefficient (Wildman–Crippen LogP) is 1.60. The fraction of sp³-hybridized carbons (Fsp3) is 0.632. The van der Waals surface area contributed by atoms with Crippen LogP contribution in [0.5, 0.6) is 0 Å². The summed E-state index contributed by atoms with van der Waals surface area (Å²) in [5.74, 6) is 0.174. The highest BCUT2D eigenvalue weighted by Crippen LogP contribution is 2.33. The Morgan fingerprint density at radius 3 is 2.68 bits per heavy atom. The zero-order valence-electron chi connectivity index (χ0n) is 14.5. The molecule has 1 aliphatic carbocycles. The summed E-state index contributed by atoms with van der Waals surface area (Å²) in [6, 6.07) is 6.23. The first-order chi connectivity index (χ1) is 12.2. The summed E-state index contributed by atoms with van der Waals surface area (Å²) < 4.78 is 5.93. The number of ether oxygens (including phenoxy) is 1. The van der Waals surface area contributed by atoms with Gasteiger partial charge in [0.05, 0.1) is 24.3 Å². The molecule has 0 radical (unpaired) electrons. The van der Waals surface area contributed by atoms with E-state index < -0.39 is 0 Å². The Morgan fingerprint density at radius 2 is 2.00 bits per heavy atom. The van der Waals surface area contributed by atoms with Crippen molar-refractivity contribution in [2.75, 3.05) is 19.6 Å².